The van der Waals surface area contributed by atoms with Gasteiger partial charge in [0, 0.05) is 12.6 Å². The first-order valence-corrected chi connectivity index (χ1v) is 16.2. The summed E-state index contributed by atoms with van der Waals surface area (Å²) >= 11 is 0. The van der Waals surface area contributed by atoms with E-state index in [-0.39, 0.29) is 0 Å². The molecule has 0 aromatic heterocycles. The molecule has 0 spiro atoms. The maximum absolute atomic E-state index is 6.71. The lowest BCUT2D eigenvalue weighted by molar-refractivity contribution is -0.115. The summed E-state index contributed by atoms with van der Waals surface area (Å²) in [6.07, 6.45) is 20.0. The van der Waals surface area contributed by atoms with E-state index in [0.717, 1.165) is 54.6 Å². The topological polar surface area (TPSA) is 59.3 Å². The number of ether oxygens (including phenoxy) is 1. The van der Waals surface area contributed by atoms with Crippen molar-refractivity contribution in [3.63, 3.8) is 0 Å². The van der Waals surface area contributed by atoms with Crippen LogP contribution in [0.2, 0.25) is 0 Å². The molecule has 0 aromatic rings. The third-order valence-electron chi connectivity index (χ3n) is 12.6. The Labute approximate surface area is 223 Å². The molecule has 36 heavy (non-hydrogen) atoms. The maximum Gasteiger partial charge on any atom is 0.108 e. The second kappa shape index (κ2) is 11.5. The molecule has 0 bridgehead atoms. The van der Waals surface area contributed by atoms with Crippen LogP contribution in [-0.4, -0.2) is 38.0 Å². The number of unbranched alkanes of at least 4 members (excludes halogenated alkanes) is 3. The number of nitrogens with two attached hydrogens (primary N) is 1. The smallest absolute Gasteiger partial charge is 0.108 e. The molecule has 5 fully saturated rings. The first kappa shape index (κ1) is 27.4. The van der Waals surface area contributed by atoms with E-state index in [1.807, 2.05) is 0 Å². The van der Waals surface area contributed by atoms with Crippen LogP contribution in [0.15, 0.2) is 0 Å². The second-order valence-corrected chi connectivity index (χ2v) is 14.5. The van der Waals surface area contributed by atoms with Gasteiger partial charge in [0.15, 0.2) is 0 Å². The zero-order valence-corrected chi connectivity index (χ0v) is 24.2. The van der Waals surface area contributed by atoms with E-state index in [1.54, 1.807) is 0 Å². The standard InChI is InChI=1S/C32H59N3O/c1-5-22(2)21-35-30-20-28-29(36-30)19-27-25-11-10-23-18-24(34-17-9-7-6-8-16-33)12-14-31(23,3)26(25)13-15-32(27,28)4/h22-30,34-35H,5-21,33H2,1-4H3/t22-,23?,24?,25?,26?,27?,28?,29?,30-,31?,32?/m0/s1. The maximum atomic E-state index is 6.71. The number of hydrogen-bond acceptors (Lipinski definition) is 4. The Morgan fingerprint density at radius 2 is 1.67 bits per heavy atom. The van der Waals surface area contributed by atoms with Crippen LogP contribution in [0.25, 0.3) is 0 Å². The lowest BCUT2D eigenvalue weighted by Gasteiger charge is -2.61. The normalized spacial score (nSPS) is 46.6. The summed E-state index contributed by atoms with van der Waals surface area (Å²) in [6, 6.07) is 0.766. The van der Waals surface area contributed by atoms with E-state index in [9.17, 15) is 0 Å². The summed E-state index contributed by atoms with van der Waals surface area (Å²) in [5, 5.41) is 7.73. The van der Waals surface area contributed by atoms with Gasteiger partial charge < -0.3 is 15.8 Å². The highest BCUT2D eigenvalue weighted by Crippen LogP contribution is 2.69. The SMILES string of the molecule is CC[C@H](C)CN[C@@H]1CC2C(CC3C4CCC5CC(NCCCCCCN)CCC5(C)C4CCC23C)O1. The number of hydrogen-bond donors (Lipinski definition) is 3. The van der Waals surface area contributed by atoms with E-state index in [4.69, 9.17) is 10.5 Å². The summed E-state index contributed by atoms with van der Waals surface area (Å²) in [7, 11) is 0. The summed E-state index contributed by atoms with van der Waals surface area (Å²) in [5.74, 6) is 5.30. The fourth-order valence-electron chi connectivity index (χ4n) is 10.1. The Balaban J connectivity index is 1.15. The minimum absolute atomic E-state index is 0.307. The van der Waals surface area contributed by atoms with Gasteiger partial charge in [-0.05, 0) is 130 Å². The molecular weight excluding hydrogens is 442 g/mol. The van der Waals surface area contributed by atoms with Crippen LogP contribution < -0.4 is 16.4 Å². The van der Waals surface area contributed by atoms with Gasteiger partial charge in [-0.25, -0.2) is 0 Å². The second-order valence-electron chi connectivity index (χ2n) is 14.5. The van der Waals surface area contributed by atoms with Gasteiger partial charge in [0.2, 0.25) is 0 Å². The minimum Gasteiger partial charge on any atom is -0.360 e. The first-order chi connectivity index (χ1) is 17.4. The molecule has 208 valence electrons. The molecule has 4 aliphatic carbocycles. The molecule has 4 nitrogen and oxygen atoms in total. The highest BCUT2D eigenvalue weighted by atomic mass is 16.5. The zero-order chi connectivity index (χ0) is 25.3. The van der Waals surface area contributed by atoms with E-state index in [0.29, 0.717) is 23.2 Å². The van der Waals surface area contributed by atoms with Gasteiger partial charge in [0.25, 0.3) is 0 Å². The molecule has 4 saturated carbocycles. The lowest BCUT2D eigenvalue weighted by Crippen LogP contribution is -2.55. The van der Waals surface area contributed by atoms with Crippen LogP contribution in [0.5, 0.6) is 0 Å². The summed E-state index contributed by atoms with van der Waals surface area (Å²) in [5.41, 5.74) is 6.75. The van der Waals surface area contributed by atoms with Gasteiger partial charge in [-0.1, -0.05) is 47.0 Å². The van der Waals surface area contributed by atoms with Gasteiger partial charge >= 0.3 is 0 Å². The number of rotatable bonds is 11. The Hall–Kier alpha value is -0.160. The molecule has 1 heterocycles. The number of fused-ring (bicyclic) bond motifs is 7. The number of nitrogens with one attached hydrogen (secondary N) is 2. The Morgan fingerprint density at radius 1 is 0.861 bits per heavy atom. The fraction of sp³-hybridized carbons (Fsp3) is 1.00. The molecule has 1 aliphatic heterocycles. The van der Waals surface area contributed by atoms with Gasteiger partial charge in [-0.3, -0.25) is 5.32 Å². The van der Waals surface area contributed by atoms with Crippen molar-refractivity contribution in [2.45, 2.75) is 136 Å². The van der Waals surface area contributed by atoms with Gasteiger partial charge in [0.05, 0.1) is 6.10 Å². The molecular formula is C32H59N3O. The van der Waals surface area contributed by atoms with Gasteiger partial charge in [-0.15, -0.1) is 0 Å². The fourth-order valence-corrected chi connectivity index (χ4v) is 10.1. The Bertz CT molecular complexity index is 716. The van der Waals surface area contributed by atoms with Crippen LogP contribution in [0.1, 0.15) is 118 Å². The molecule has 0 aromatic carbocycles. The van der Waals surface area contributed by atoms with Crippen molar-refractivity contribution in [2.75, 3.05) is 19.6 Å². The van der Waals surface area contributed by atoms with Crippen molar-refractivity contribution in [1.29, 1.82) is 0 Å². The monoisotopic (exact) mass is 501 g/mol. The predicted octanol–water partition coefficient (Wildman–Crippen LogP) is 6.48. The molecule has 9 unspecified atom stereocenters. The van der Waals surface area contributed by atoms with Crippen molar-refractivity contribution in [1.82, 2.24) is 10.6 Å². The van der Waals surface area contributed by atoms with E-state index < -0.39 is 0 Å². The molecule has 11 atom stereocenters. The largest absolute Gasteiger partial charge is 0.360 e. The van der Waals surface area contributed by atoms with Crippen molar-refractivity contribution in [2.24, 2.45) is 52.1 Å². The average molecular weight is 502 g/mol. The van der Waals surface area contributed by atoms with Crippen LogP contribution >= 0.6 is 0 Å². The average Bonchev–Trinajstić information content (AvgIpc) is 3.41. The zero-order valence-electron chi connectivity index (χ0n) is 24.2. The van der Waals surface area contributed by atoms with Crippen molar-refractivity contribution in [3.05, 3.63) is 0 Å². The van der Waals surface area contributed by atoms with Crippen molar-refractivity contribution in [3.8, 4) is 0 Å². The van der Waals surface area contributed by atoms with Crippen LogP contribution in [-0.2, 0) is 4.74 Å². The molecule has 5 rings (SSSR count). The summed E-state index contributed by atoms with van der Waals surface area (Å²) in [6.45, 7) is 13.2. The molecule has 5 aliphatic rings. The van der Waals surface area contributed by atoms with Crippen LogP contribution in [0.4, 0.5) is 0 Å². The molecule has 0 radical (unpaired) electrons. The molecule has 4 heteroatoms. The Morgan fingerprint density at radius 3 is 2.47 bits per heavy atom. The third-order valence-corrected chi connectivity index (χ3v) is 12.6. The predicted molar refractivity (Wildman–Crippen MR) is 151 cm³/mol. The van der Waals surface area contributed by atoms with E-state index in [1.165, 1.54) is 96.4 Å². The first-order valence-electron chi connectivity index (χ1n) is 16.2. The quantitative estimate of drug-likeness (QED) is 0.283. The van der Waals surface area contributed by atoms with Crippen molar-refractivity contribution >= 4 is 0 Å². The van der Waals surface area contributed by atoms with E-state index in [2.05, 4.69) is 38.3 Å². The highest BCUT2D eigenvalue weighted by Gasteiger charge is 2.64. The molecule has 1 saturated heterocycles. The Kier molecular flexibility index (Phi) is 8.77. The highest BCUT2D eigenvalue weighted by molar-refractivity contribution is 5.13. The van der Waals surface area contributed by atoms with Gasteiger partial charge in [0.1, 0.15) is 6.23 Å². The van der Waals surface area contributed by atoms with Crippen LogP contribution in [0, 0.1) is 46.3 Å². The lowest BCUT2D eigenvalue weighted by atomic mass is 9.44. The third kappa shape index (κ3) is 5.19. The summed E-state index contributed by atoms with van der Waals surface area (Å²) in [4.78, 5) is 0. The van der Waals surface area contributed by atoms with Crippen molar-refractivity contribution < 1.29 is 4.74 Å². The molecule has 4 N–H and O–H groups in total. The van der Waals surface area contributed by atoms with Crippen LogP contribution in [0.3, 0.4) is 0 Å². The van der Waals surface area contributed by atoms with Gasteiger partial charge in [-0.2, -0.15) is 0 Å². The van der Waals surface area contributed by atoms with E-state index >= 15 is 0 Å². The minimum atomic E-state index is 0.307. The molecule has 0 amide bonds. The summed E-state index contributed by atoms with van der Waals surface area (Å²) < 4.78 is 6.71.